The molecule has 113 heavy (non-hydrogen) atoms. The zero-order chi connectivity index (χ0) is 83.1. The molecule has 2 aromatic heterocycles. The van der Waals surface area contributed by atoms with Crippen LogP contribution in [0, 0.1) is 41.4 Å². The van der Waals surface area contributed by atoms with Crippen molar-refractivity contribution in [3.63, 3.8) is 0 Å². The van der Waals surface area contributed by atoms with Gasteiger partial charge in [-0.15, -0.1) is 0 Å². The second-order valence-electron chi connectivity index (χ2n) is 33.0. The number of aromatic nitrogens is 2. The molecule has 6 saturated heterocycles. The highest BCUT2D eigenvalue weighted by molar-refractivity contribution is 6.08. The van der Waals surface area contributed by atoms with Crippen LogP contribution in [0.1, 0.15) is 147 Å². The van der Waals surface area contributed by atoms with E-state index in [1.165, 1.54) is 27.7 Å². The van der Waals surface area contributed by atoms with E-state index >= 15 is 4.39 Å². The fourth-order valence-corrected chi connectivity index (χ4v) is 17.4. The molecule has 2 aromatic carbocycles. The number of nitrogens with one attached hydrogen (secondary N) is 2. The van der Waals surface area contributed by atoms with Gasteiger partial charge in [0.25, 0.3) is 5.67 Å². The van der Waals surface area contributed by atoms with Crippen LogP contribution < -0.4 is 10.6 Å². The van der Waals surface area contributed by atoms with Gasteiger partial charge >= 0.3 is 24.1 Å². The Hall–Kier alpha value is -7.71. The molecule has 0 saturated carbocycles. The van der Waals surface area contributed by atoms with Gasteiger partial charge in [-0.2, -0.15) is 0 Å². The number of Topliss-reactive ketones (excluding diaryl/α,β-unsaturated/α-hetero) is 4. The third-order valence-corrected chi connectivity index (χ3v) is 23.8. The molecular formula is C84H115F3N6O20. The summed E-state index contributed by atoms with van der Waals surface area (Å²) in [6.07, 6.45) is -1.98. The number of aliphatic hydroxyl groups is 2. The number of nitrogens with zero attached hydrogens (tertiary/aromatic N) is 4. The molecule has 6 aliphatic rings. The molecule has 26 nitrogen and oxygen atoms in total. The maximum absolute atomic E-state index is 16.9. The molecule has 6 aliphatic heterocycles. The number of benzene rings is 2. The van der Waals surface area contributed by atoms with E-state index in [4.69, 9.17) is 47.4 Å². The number of alkyl carbamates (subject to hydrolysis) is 2. The topological polar surface area (TPSA) is 326 Å². The zero-order valence-corrected chi connectivity index (χ0v) is 68.1. The normalized spacial score (nSPS) is 38.0. The summed E-state index contributed by atoms with van der Waals surface area (Å²) in [6, 6.07) is 16.4. The number of fused-ring (bicyclic) bond motifs is 4. The van der Waals surface area contributed by atoms with Crippen LogP contribution in [0.5, 0.6) is 0 Å². The Bertz CT molecular complexity index is 4110. The van der Waals surface area contributed by atoms with Crippen LogP contribution in [-0.2, 0) is 76.1 Å². The van der Waals surface area contributed by atoms with Crippen molar-refractivity contribution in [3.05, 3.63) is 96.3 Å². The molecule has 0 radical (unpaired) electrons. The van der Waals surface area contributed by atoms with Gasteiger partial charge in [-0.3, -0.25) is 42.7 Å². The number of hydrogen-bond acceptors (Lipinski definition) is 24. The van der Waals surface area contributed by atoms with Gasteiger partial charge in [-0.1, -0.05) is 102 Å². The lowest BCUT2D eigenvalue weighted by Gasteiger charge is -2.47. The molecule has 8 heterocycles. The molecule has 4 aromatic rings. The predicted molar refractivity (Wildman–Crippen MR) is 412 cm³/mol. The number of carbonyl (C=O) groups excluding carboxylic acids is 8. The van der Waals surface area contributed by atoms with Crippen LogP contribution in [0.15, 0.2) is 85.2 Å². The van der Waals surface area contributed by atoms with Crippen LogP contribution in [0.3, 0.4) is 0 Å². The fraction of sp³-hybridized carbons (Fsp3) is 0.643. The molecule has 0 bridgehead atoms. The molecule has 29 heteroatoms. The summed E-state index contributed by atoms with van der Waals surface area (Å²) in [5.41, 5.74) is -6.38. The Kier molecular flexibility index (Phi) is 29.3. The van der Waals surface area contributed by atoms with E-state index in [-0.39, 0.29) is 56.2 Å². The van der Waals surface area contributed by atoms with Gasteiger partial charge in [0.05, 0.1) is 85.3 Å². The molecule has 10 rings (SSSR count). The van der Waals surface area contributed by atoms with Gasteiger partial charge < -0.3 is 78.0 Å². The lowest BCUT2D eigenvalue weighted by molar-refractivity contribution is -0.297. The molecule has 622 valence electrons. The summed E-state index contributed by atoms with van der Waals surface area (Å²) in [5.74, 6) is -12.4. The molecule has 0 aliphatic carbocycles. The highest BCUT2D eigenvalue weighted by Gasteiger charge is 2.62. The second-order valence-corrected chi connectivity index (χ2v) is 33.0. The number of cyclic esters (lactones) is 2. The minimum Gasteiger partial charge on any atom is -0.457 e. The van der Waals surface area contributed by atoms with Crippen molar-refractivity contribution in [1.29, 1.82) is 0 Å². The number of ether oxygens (including phenoxy) is 10. The van der Waals surface area contributed by atoms with Crippen molar-refractivity contribution in [2.24, 2.45) is 41.4 Å². The predicted octanol–water partition coefficient (Wildman–Crippen LogP) is 10.2. The molecule has 2 amide bonds. The van der Waals surface area contributed by atoms with Crippen molar-refractivity contribution in [2.75, 3.05) is 54.8 Å². The molecule has 0 spiro atoms. The highest BCUT2D eigenvalue weighted by atomic mass is 19.1. The number of hydrogen-bond donors (Lipinski definition) is 4. The van der Waals surface area contributed by atoms with E-state index in [9.17, 15) is 57.4 Å². The van der Waals surface area contributed by atoms with Crippen molar-refractivity contribution >= 4 is 81.2 Å². The van der Waals surface area contributed by atoms with E-state index in [1.54, 1.807) is 81.0 Å². The molecule has 8 unspecified atom stereocenters. The minimum atomic E-state index is -3.31. The van der Waals surface area contributed by atoms with Crippen molar-refractivity contribution in [1.82, 2.24) is 30.4 Å². The number of rotatable bonds is 18. The number of ketones is 4. The first-order valence-corrected chi connectivity index (χ1v) is 39.1. The Morgan fingerprint density at radius 1 is 0.558 bits per heavy atom. The quantitative estimate of drug-likeness (QED) is 0.0409. The van der Waals surface area contributed by atoms with Crippen molar-refractivity contribution in [3.8, 4) is 0 Å². The molecule has 26 atom stereocenters. The van der Waals surface area contributed by atoms with Crippen LogP contribution in [-0.4, -0.2) is 246 Å². The zero-order valence-electron chi connectivity index (χ0n) is 68.1. The summed E-state index contributed by atoms with van der Waals surface area (Å²) in [4.78, 5) is 123. The van der Waals surface area contributed by atoms with E-state index in [2.05, 4.69) is 20.6 Å². The van der Waals surface area contributed by atoms with Gasteiger partial charge in [0, 0.05) is 83.6 Å². The first kappa shape index (κ1) is 89.2. The number of aliphatic hydroxyl groups excluding tert-OH is 2. The van der Waals surface area contributed by atoms with E-state index in [1.807, 2.05) is 117 Å². The Labute approximate surface area is 659 Å². The standard InChI is InChI=1S/C42H57F2N3O10.C42H58FN3O10/c1-23-22-40(5,53-19-11-12-27-14-15-28-13-10-18-45-29(28)21-27)36(56-37-33(49)30(47(8)9)20-24(2)54-37)26(4)35(50)41(6,44)38(51)55-31(16-17-43)42(7)34(25(3)32(23)48)46-39(52)57-42;1-23-22-41(6,52-19-11-12-28-14-15-29-13-10-18-44-30(29)21-28)37(55-39-35(49)31(46(8)9)20-24(2)53-39)26(4)34(48)27(5)38(50)54-32(16-17-43)42(7)36(25(3)33(23)47)45-40(51)56-42/h10-15,18,21,23-26,30-31,33-34,36-37,49H,16-17,19-20,22H2,1-9H3,(H,46,52);10-15,18,21,23-27,31-32,35-37,39,49H,16-17,19-20,22H2,1-9H3,(H,45,51)/b2*12-11+/t23-,24?,25+,26+,30?,31-,33?,34-,36-,37?,40-,41+,42-;23-,24?,25+,26+,27-,31?,32-,35?,36-,37-,39?,41-,42-/m11/s1. The lowest BCUT2D eigenvalue weighted by Crippen LogP contribution is -2.61. The van der Waals surface area contributed by atoms with Crippen LogP contribution in [0.4, 0.5) is 22.8 Å². The maximum Gasteiger partial charge on any atom is 0.408 e. The SMILES string of the molecule is CC1CC(N(C)C)C(O)C(O[C@@H]2[C@@H](C)C(=O)[C@@H](C)C(=O)O[C@H](CCF)[C@@]3(C)OC(=O)N[C@@H]3[C@@H](C)C(=O)[C@H](C)C[C@@]2(C)OC/C=C/c2ccc3cccnc3c2)O1.CC1CC(N(C)C)C(O)C(O[C@@H]2[C@@H](C)C(=O)[C@](C)(F)C(=O)O[C@H](CCF)[C@@]3(C)OC(=O)N[C@@H]3[C@@H](C)C(=O)[C@H](C)C[C@@]2(C)OC/C=C/c2ccc3cccnc3c2)O1. The van der Waals surface area contributed by atoms with Crippen molar-refractivity contribution < 1.29 is 109 Å². The molecule has 6 fully saturated rings. The van der Waals surface area contributed by atoms with Gasteiger partial charge in [-0.25, -0.2) is 18.8 Å². The molecule has 4 N–H and O–H groups in total. The van der Waals surface area contributed by atoms with Crippen LogP contribution in [0.2, 0.25) is 0 Å². The monoisotopic (exact) mass is 1580 g/mol. The number of likely N-dealkylation sites (N-methyl/N-ethyl adjacent to an activating group) is 2. The summed E-state index contributed by atoms with van der Waals surface area (Å²) in [6.45, 7) is 19.7. The summed E-state index contributed by atoms with van der Waals surface area (Å²) in [5, 5.41) is 30.4. The Morgan fingerprint density at radius 3 is 1.37 bits per heavy atom. The largest absolute Gasteiger partial charge is 0.457 e. The van der Waals surface area contributed by atoms with Gasteiger partial charge in [0.2, 0.25) is 0 Å². The van der Waals surface area contributed by atoms with E-state index in [0.717, 1.165) is 39.9 Å². The number of esters is 2. The van der Waals surface area contributed by atoms with E-state index in [0.29, 0.717) is 12.8 Å². The highest BCUT2D eigenvalue weighted by Crippen LogP contribution is 2.45. The minimum absolute atomic E-state index is 0.0336. The lowest BCUT2D eigenvalue weighted by atomic mass is 9.73. The molecular weight excluding hydrogens is 1470 g/mol. The Balaban J connectivity index is 0.000000259. The average Bonchev–Trinajstić information content (AvgIpc) is 1.72. The smallest absolute Gasteiger partial charge is 0.408 e. The second kappa shape index (κ2) is 37.1. The van der Waals surface area contributed by atoms with Crippen LogP contribution >= 0.6 is 0 Å². The first-order chi connectivity index (χ1) is 53.1. The van der Waals surface area contributed by atoms with Crippen molar-refractivity contribution in [2.45, 2.75) is 249 Å². The number of halogens is 3. The Morgan fingerprint density at radius 2 is 0.965 bits per heavy atom. The third-order valence-electron chi connectivity index (χ3n) is 23.8. The van der Waals surface area contributed by atoms with Gasteiger partial charge in [0.1, 0.15) is 41.9 Å². The fourth-order valence-electron chi connectivity index (χ4n) is 17.4. The number of pyridine rings is 2. The number of carbonyl (C=O) groups is 8. The first-order valence-electron chi connectivity index (χ1n) is 39.1. The number of alkyl halides is 3. The summed E-state index contributed by atoms with van der Waals surface area (Å²) < 4.78 is 106. The summed E-state index contributed by atoms with van der Waals surface area (Å²) >= 11 is 0. The van der Waals surface area contributed by atoms with Crippen LogP contribution in [0.25, 0.3) is 34.0 Å². The maximum atomic E-state index is 16.9. The average molecular weight is 1590 g/mol. The van der Waals surface area contributed by atoms with Gasteiger partial charge in [0.15, 0.2) is 35.3 Å². The van der Waals surface area contributed by atoms with E-state index < -0.39 is 198 Å². The van der Waals surface area contributed by atoms with Gasteiger partial charge in [-0.05, 0) is 145 Å². The third kappa shape index (κ3) is 19.9. The summed E-state index contributed by atoms with van der Waals surface area (Å²) in [7, 11) is 7.30. The number of amides is 2.